The zero-order chi connectivity index (χ0) is 9.84. The highest BCUT2D eigenvalue weighted by Crippen LogP contribution is 2.16. The molecule has 0 aromatic heterocycles. The molecule has 1 rings (SSSR count). The SMILES string of the molecule is C=C(C)c1ccccc1C(N)=NC. The van der Waals surface area contributed by atoms with E-state index in [1.807, 2.05) is 31.2 Å². The fourth-order valence-electron chi connectivity index (χ4n) is 1.20. The molecule has 0 spiro atoms. The van der Waals surface area contributed by atoms with Crippen LogP contribution in [0.5, 0.6) is 0 Å². The second-order valence-corrected chi connectivity index (χ2v) is 2.93. The minimum Gasteiger partial charge on any atom is -0.383 e. The van der Waals surface area contributed by atoms with Crippen molar-refractivity contribution < 1.29 is 0 Å². The number of rotatable bonds is 2. The van der Waals surface area contributed by atoms with E-state index in [0.29, 0.717) is 5.84 Å². The van der Waals surface area contributed by atoms with Crippen molar-refractivity contribution >= 4 is 11.4 Å². The van der Waals surface area contributed by atoms with Crippen LogP contribution in [0.3, 0.4) is 0 Å². The van der Waals surface area contributed by atoms with Gasteiger partial charge in [-0.1, -0.05) is 36.4 Å². The first-order valence-electron chi connectivity index (χ1n) is 4.14. The van der Waals surface area contributed by atoms with E-state index in [0.717, 1.165) is 16.7 Å². The van der Waals surface area contributed by atoms with Crippen LogP contribution < -0.4 is 5.73 Å². The molecule has 1 aromatic carbocycles. The molecule has 13 heavy (non-hydrogen) atoms. The van der Waals surface area contributed by atoms with Crippen molar-refractivity contribution in [1.29, 1.82) is 0 Å². The summed E-state index contributed by atoms with van der Waals surface area (Å²) in [4.78, 5) is 3.96. The largest absolute Gasteiger partial charge is 0.383 e. The summed E-state index contributed by atoms with van der Waals surface area (Å²) in [5.74, 6) is 0.554. The van der Waals surface area contributed by atoms with Crippen LogP contribution in [0, 0.1) is 0 Å². The second-order valence-electron chi connectivity index (χ2n) is 2.93. The monoisotopic (exact) mass is 174 g/mol. The van der Waals surface area contributed by atoms with E-state index >= 15 is 0 Å². The Morgan fingerprint density at radius 3 is 2.31 bits per heavy atom. The number of amidine groups is 1. The van der Waals surface area contributed by atoms with Crippen molar-refractivity contribution in [3.63, 3.8) is 0 Å². The molecular formula is C11H14N2. The average Bonchev–Trinajstić information content (AvgIpc) is 2.16. The Morgan fingerprint density at radius 1 is 1.31 bits per heavy atom. The molecule has 2 nitrogen and oxygen atoms in total. The summed E-state index contributed by atoms with van der Waals surface area (Å²) in [7, 11) is 1.69. The number of nitrogens with two attached hydrogens (primary N) is 1. The summed E-state index contributed by atoms with van der Waals surface area (Å²) in [6.07, 6.45) is 0. The molecule has 2 heteroatoms. The predicted molar refractivity (Wildman–Crippen MR) is 57.8 cm³/mol. The van der Waals surface area contributed by atoms with Gasteiger partial charge in [0.1, 0.15) is 5.84 Å². The van der Waals surface area contributed by atoms with Gasteiger partial charge in [0.05, 0.1) is 0 Å². The van der Waals surface area contributed by atoms with Gasteiger partial charge in [0.15, 0.2) is 0 Å². The molecule has 0 fully saturated rings. The van der Waals surface area contributed by atoms with E-state index in [-0.39, 0.29) is 0 Å². The molecule has 0 bridgehead atoms. The quantitative estimate of drug-likeness (QED) is 0.541. The lowest BCUT2D eigenvalue weighted by Gasteiger charge is -2.07. The predicted octanol–water partition coefficient (Wildman–Crippen LogP) is 2.05. The maximum atomic E-state index is 5.74. The van der Waals surface area contributed by atoms with E-state index in [1.54, 1.807) is 7.05 Å². The highest BCUT2D eigenvalue weighted by atomic mass is 14.8. The van der Waals surface area contributed by atoms with Crippen molar-refractivity contribution in [2.75, 3.05) is 7.05 Å². The van der Waals surface area contributed by atoms with Crippen molar-refractivity contribution in [3.8, 4) is 0 Å². The number of benzene rings is 1. The summed E-state index contributed by atoms with van der Waals surface area (Å²) in [6, 6.07) is 7.86. The van der Waals surface area contributed by atoms with Crippen LogP contribution in [0.2, 0.25) is 0 Å². The first-order valence-corrected chi connectivity index (χ1v) is 4.14. The first kappa shape index (κ1) is 9.52. The topological polar surface area (TPSA) is 38.4 Å². The van der Waals surface area contributed by atoms with Crippen molar-refractivity contribution in [2.24, 2.45) is 10.7 Å². The maximum absolute atomic E-state index is 5.74. The van der Waals surface area contributed by atoms with Crippen LogP contribution in [0.4, 0.5) is 0 Å². The lowest BCUT2D eigenvalue weighted by atomic mass is 10.0. The van der Waals surface area contributed by atoms with E-state index in [9.17, 15) is 0 Å². The van der Waals surface area contributed by atoms with E-state index < -0.39 is 0 Å². The summed E-state index contributed by atoms with van der Waals surface area (Å²) in [6.45, 7) is 5.85. The molecule has 0 heterocycles. The summed E-state index contributed by atoms with van der Waals surface area (Å²) < 4.78 is 0. The molecule has 1 aromatic rings. The molecule has 0 radical (unpaired) electrons. The molecule has 0 aliphatic rings. The number of nitrogens with zero attached hydrogens (tertiary/aromatic N) is 1. The fourth-order valence-corrected chi connectivity index (χ4v) is 1.20. The normalized spacial score (nSPS) is 11.4. The van der Waals surface area contributed by atoms with Crippen molar-refractivity contribution in [1.82, 2.24) is 0 Å². The highest BCUT2D eigenvalue weighted by molar-refractivity contribution is 6.01. The van der Waals surface area contributed by atoms with E-state index in [1.165, 1.54) is 0 Å². The van der Waals surface area contributed by atoms with Crippen molar-refractivity contribution in [3.05, 3.63) is 42.0 Å². The van der Waals surface area contributed by atoms with Gasteiger partial charge in [0.2, 0.25) is 0 Å². The molecule has 68 valence electrons. The molecule has 0 aliphatic heterocycles. The first-order chi connectivity index (χ1) is 6.16. The molecule has 0 amide bonds. The third-order valence-electron chi connectivity index (χ3n) is 1.90. The van der Waals surface area contributed by atoms with Gasteiger partial charge in [-0.3, -0.25) is 4.99 Å². The molecular weight excluding hydrogens is 160 g/mol. The van der Waals surface area contributed by atoms with Gasteiger partial charge in [-0.15, -0.1) is 0 Å². The van der Waals surface area contributed by atoms with Crippen LogP contribution in [0.25, 0.3) is 5.57 Å². The van der Waals surface area contributed by atoms with Crippen LogP contribution in [-0.2, 0) is 0 Å². The molecule has 0 saturated carbocycles. The molecule has 0 saturated heterocycles. The van der Waals surface area contributed by atoms with Gasteiger partial charge in [-0.05, 0) is 12.5 Å². The van der Waals surface area contributed by atoms with E-state index in [2.05, 4.69) is 11.6 Å². The Balaban J connectivity index is 3.28. The zero-order valence-corrected chi connectivity index (χ0v) is 8.04. The minimum atomic E-state index is 0.554. The van der Waals surface area contributed by atoms with Gasteiger partial charge >= 0.3 is 0 Å². The number of hydrogen-bond donors (Lipinski definition) is 1. The van der Waals surface area contributed by atoms with E-state index in [4.69, 9.17) is 5.73 Å². The fraction of sp³-hybridized carbons (Fsp3) is 0.182. The van der Waals surface area contributed by atoms with Gasteiger partial charge in [0.25, 0.3) is 0 Å². The number of aliphatic imine (C=N–C) groups is 1. The molecule has 0 unspecified atom stereocenters. The second kappa shape index (κ2) is 3.90. The Hall–Kier alpha value is -1.57. The van der Waals surface area contributed by atoms with Crippen molar-refractivity contribution in [2.45, 2.75) is 6.92 Å². The summed E-state index contributed by atoms with van der Waals surface area (Å²) in [5.41, 5.74) is 8.76. The van der Waals surface area contributed by atoms with Crippen LogP contribution in [0.1, 0.15) is 18.1 Å². The molecule has 0 aliphatic carbocycles. The Bertz CT molecular complexity index is 351. The molecule has 2 N–H and O–H groups in total. The number of hydrogen-bond acceptors (Lipinski definition) is 1. The third-order valence-corrected chi connectivity index (χ3v) is 1.90. The average molecular weight is 174 g/mol. The highest BCUT2D eigenvalue weighted by Gasteiger charge is 2.04. The summed E-state index contributed by atoms with van der Waals surface area (Å²) >= 11 is 0. The van der Waals surface area contributed by atoms with Crippen LogP contribution >= 0.6 is 0 Å². The van der Waals surface area contributed by atoms with Gasteiger partial charge in [0, 0.05) is 12.6 Å². The van der Waals surface area contributed by atoms with Gasteiger partial charge < -0.3 is 5.73 Å². The minimum absolute atomic E-state index is 0.554. The number of allylic oxidation sites excluding steroid dienone is 1. The standard InChI is InChI=1S/C11H14N2/c1-8(2)9-6-4-5-7-10(9)11(12)13-3/h4-7H,1H2,2-3H3,(H2,12,13). The zero-order valence-electron chi connectivity index (χ0n) is 8.04. The maximum Gasteiger partial charge on any atom is 0.125 e. The lowest BCUT2D eigenvalue weighted by molar-refractivity contribution is 1.38. The van der Waals surface area contributed by atoms with Crippen LogP contribution in [-0.4, -0.2) is 12.9 Å². The smallest absolute Gasteiger partial charge is 0.125 e. The third kappa shape index (κ3) is 1.96. The Morgan fingerprint density at radius 2 is 1.85 bits per heavy atom. The van der Waals surface area contributed by atoms with Gasteiger partial charge in [-0.25, -0.2) is 0 Å². The van der Waals surface area contributed by atoms with Gasteiger partial charge in [-0.2, -0.15) is 0 Å². The Labute approximate surface area is 78.8 Å². The molecule has 0 atom stereocenters. The van der Waals surface area contributed by atoms with Crippen LogP contribution in [0.15, 0.2) is 35.8 Å². The Kier molecular flexibility index (Phi) is 2.85. The summed E-state index contributed by atoms with van der Waals surface area (Å²) in [5, 5.41) is 0. The lowest BCUT2D eigenvalue weighted by Crippen LogP contribution is -2.14.